The molecular formula is C19H24N2O2. The third-order valence-corrected chi connectivity index (χ3v) is 4.36. The van der Waals surface area contributed by atoms with Crippen LogP contribution in [0, 0.1) is 0 Å². The fourth-order valence-corrected chi connectivity index (χ4v) is 3.04. The molecule has 1 saturated heterocycles. The molecule has 0 aromatic heterocycles. The van der Waals surface area contributed by atoms with Crippen LogP contribution in [0.5, 0.6) is 11.5 Å². The lowest BCUT2D eigenvalue weighted by molar-refractivity contribution is 0.122. The van der Waals surface area contributed by atoms with Gasteiger partial charge in [-0.3, -0.25) is 9.80 Å². The van der Waals surface area contributed by atoms with Crippen molar-refractivity contribution in [2.45, 2.75) is 13.1 Å². The Kier molecular flexibility index (Phi) is 5.16. The first-order chi connectivity index (χ1) is 11.2. The molecule has 1 fully saturated rings. The van der Waals surface area contributed by atoms with Crippen LogP contribution in [0.3, 0.4) is 0 Å². The maximum atomic E-state index is 9.88. The fourth-order valence-electron chi connectivity index (χ4n) is 3.04. The van der Waals surface area contributed by atoms with Crippen LogP contribution in [0.2, 0.25) is 0 Å². The molecule has 0 saturated carbocycles. The van der Waals surface area contributed by atoms with E-state index in [9.17, 15) is 5.11 Å². The second-order valence-corrected chi connectivity index (χ2v) is 6.04. The molecule has 0 spiro atoms. The van der Waals surface area contributed by atoms with E-state index in [-0.39, 0.29) is 5.75 Å². The highest BCUT2D eigenvalue weighted by atomic mass is 16.5. The van der Waals surface area contributed by atoms with E-state index in [0.29, 0.717) is 5.75 Å². The number of benzene rings is 2. The summed E-state index contributed by atoms with van der Waals surface area (Å²) in [6, 6.07) is 16.3. The summed E-state index contributed by atoms with van der Waals surface area (Å²) < 4.78 is 5.09. The average molecular weight is 312 g/mol. The summed E-state index contributed by atoms with van der Waals surface area (Å²) in [6.45, 7) is 6.17. The van der Waals surface area contributed by atoms with Crippen LogP contribution in [0.4, 0.5) is 0 Å². The lowest BCUT2D eigenvalue weighted by Crippen LogP contribution is -2.45. The molecule has 1 aliphatic heterocycles. The number of nitrogens with zero attached hydrogens (tertiary/aromatic N) is 2. The monoisotopic (exact) mass is 312 g/mol. The van der Waals surface area contributed by atoms with Crippen molar-refractivity contribution in [2.24, 2.45) is 0 Å². The van der Waals surface area contributed by atoms with Gasteiger partial charge in [-0.2, -0.15) is 0 Å². The Labute approximate surface area is 137 Å². The van der Waals surface area contributed by atoms with E-state index >= 15 is 0 Å². The fraction of sp³-hybridized carbons (Fsp3) is 0.368. The zero-order chi connectivity index (χ0) is 16.1. The van der Waals surface area contributed by atoms with E-state index < -0.39 is 0 Å². The van der Waals surface area contributed by atoms with Gasteiger partial charge >= 0.3 is 0 Å². The predicted octanol–water partition coefficient (Wildman–Crippen LogP) is 2.72. The lowest BCUT2D eigenvalue weighted by Gasteiger charge is -2.34. The summed E-state index contributed by atoms with van der Waals surface area (Å²) in [5, 5.41) is 9.88. The van der Waals surface area contributed by atoms with E-state index in [4.69, 9.17) is 4.74 Å². The maximum Gasteiger partial charge on any atom is 0.160 e. The molecule has 0 bridgehead atoms. The summed E-state index contributed by atoms with van der Waals surface area (Å²) >= 11 is 0. The first kappa shape index (κ1) is 15.8. The SMILES string of the molecule is COc1ccc(CN2CCN(Cc3ccccc3)CC2)cc1O. The molecular weight excluding hydrogens is 288 g/mol. The molecule has 4 heteroatoms. The molecule has 2 aromatic carbocycles. The zero-order valence-corrected chi connectivity index (χ0v) is 13.6. The van der Waals surface area contributed by atoms with Gasteiger partial charge in [-0.25, -0.2) is 0 Å². The van der Waals surface area contributed by atoms with Crippen LogP contribution in [0.1, 0.15) is 11.1 Å². The van der Waals surface area contributed by atoms with Crippen molar-refractivity contribution in [2.75, 3.05) is 33.3 Å². The molecule has 0 atom stereocenters. The molecule has 4 nitrogen and oxygen atoms in total. The van der Waals surface area contributed by atoms with Gasteiger partial charge in [-0.1, -0.05) is 36.4 Å². The highest BCUT2D eigenvalue weighted by Gasteiger charge is 2.17. The van der Waals surface area contributed by atoms with Gasteiger partial charge in [0.05, 0.1) is 7.11 Å². The smallest absolute Gasteiger partial charge is 0.160 e. The predicted molar refractivity (Wildman–Crippen MR) is 91.7 cm³/mol. The summed E-state index contributed by atoms with van der Waals surface area (Å²) in [6.07, 6.45) is 0. The van der Waals surface area contributed by atoms with Crippen molar-refractivity contribution < 1.29 is 9.84 Å². The maximum absolute atomic E-state index is 9.88. The highest BCUT2D eigenvalue weighted by Crippen LogP contribution is 2.26. The minimum absolute atomic E-state index is 0.215. The Morgan fingerprint density at radius 1 is 0.870 bits per heavy atom. The summed E-state index contributed by atoms with van der Waals surface area (Å²) in [7, 11) is 1.57. The lowest BCUT2D eigenvalue weighted by atomic mass is 10.1. The number of phenols is 1. The number of rotatable bonds is 5. The third kappa shape index (κ3) is 4.24. The number of hydrogen-bond acceptors (Lipinski definition) is 4. The molecule has 0 amide bonds. The molecule has 23 heavy (non-hydrogen) atoms. The van der Waals surface area contributed by atoms with Crippen LogP contribution in [-0.2, 0) is 13.1 Å². The second-order valence-electron chi connectivity index (χ2n) is 6.04. The number of aromatic hydroxyl groups is 1. The van der Waals surface area contributed by atoms with Crippen LogP contribution < -0.4 is 4.74 Å². The first-order valence-electron chi connectivity index (χ1n) is 8.09. The topological polar surface area (TPSA) is 35.9 Å². The average Bonchev–Trinajstić information content (AvgIpc) is 2.58. The second kappa shape index (κ2) is 7.49. The molecule has 1 heterocycles. The van der Waals surface area contributed by atoms with Gasteiger partial charge in [0.15, 0.2) is 11.5 Å². The van der Waals surface area contributed by atoms with Crippen LogP contribution in [0.25, 0.3) is 0 Å². The van der Waals surface area contributed by atoms with Crippen molar-refractivity contribution in [3.05, 3.63) is 59.7 Å². The van der Waals surface area contributed by atoms with Gasteiger partial charge in [0.2, 0.25) is 0 Å². The van der Waals surface area contributed by atoms with Crippen molar-refractivity contribution >= 4 is 0 Å². The van der Waals surface area contributed by atoms with Crippen molar-refractivity contribution in [3.8, 4) is 11.5 Å². The Morgan fingerprint density at radius 3 is 2.04 bits per heavy atom. The van der Waals surface area contributed by atoms with E-state index in [1.165, 1.54) is 5.56 Å². The Balaban J connectivity index is 1.50. The van der Waals surface area contributed by atoms with Gasteiger partial charge in [0, 0.05) is 39.3 Å². The molecule has 1 N–H and O–H groups in total. The Bertz CT molecular complexity index is 623. The molecule has 0 unspecified atom stereocenters. The van der Waals surface area contributed by atoms with E-state index in [0.717, 1.165) is 44.8 Å². The zero-order valence-electron chi connectivity index (χ0n) is 13.6. The van der Waals surface area contributed by atoms with Crippen molar-refractivity contribution in [1.29, 1.82) is 0 Å². The quantitative estimate of drug-likeness (QED) is 0.921. The van der Waals surface area contributed by atoms with E-state index in [1.807, 2.05) is 12.1 Å². The number of methoxy groups -OCH3 is 1. The van der Waals surface area contributed by atoms with Crippen LogP contribution >= 0.6 is 0 Å². The van der Waals surface area contributed by atoms with E-state index in [1.54, 1.807) is 13.2 Å². The van der Waals surface area contributed by atoms with Gasteiger partial charge in [-0.15, -0.1) is 0 Å². The van der Waals surface area contributed by atoms with Crippen molar-refractivity contribution in [1.82, 2.24) is 9.80 Å². The van der Waals surface area contributed by atoms with Crippen LogP contribution in [0.15, 0.2) is 48.5 Å². The molecule has 1 aliphatic rings. The van der Waals surface area contributed by atoms with Gasteiger partial charge in [0.1, 0.15) is 0 Å². The first-order valence-corrected chi connectivity index (χ1v) is 8.09. The van der Waals surface area contributed by atoms with E-state index in [2.05, 4.69) is 40.1 Å². The van der Waals surface area contributed by atoms with Crippen LogP contribution in [-0.4, -0.2) is 48.2 Å². The molecule has 2 aromatic rings. The standard InChI is InChI=1S/C19H24N2O2/c1-23-19-8-7-17(13-18(19)22)15-21-11-9-20(10-12-21)14-16-5-3-2-4-6-16/h2-8,13,22H,9-12,14-15H2,1H3. The number of piperazine rings is 1. The largest absolute Gasteiger partial charge is 0.504 e. The molecule has 122 valence electrons. The molecule has 0 radical (unpaired) electrons. The third-order valence-electron chi connectivity index (χ3n) is 4.36. The van der Waals surface area contributed by atoms with Gasteiger partial charge < -0.3 is 9.84 Å². The summed E-state index contributed by atoms with van der Waals surface area (Å²) in [5.41, 5.74) is 2.50. The molecule has 0 aliphatic carbocycles. The molecule has 3 rings (SSSR count). The van der Waals surface area contributed by atoms with Crippen molar-refractivity contribution in [3.63, 3.8) is 0 Å². The summed E-state index contributed by atoms with van der Waals surface area (Å²) in [4.78, 5) is 4.93. The minimum atomic E-state index is 0.215. The highest BCUT2D eigenvalue weighted by molar-refractivity contribution is 5.41. The van der Waals surface area contributed by atoms with Gasteiger partial charge in [0.25, 0.3) is 0 Å². The van der Waals surface area contributed by atoms with Gasteiger partial charge in [-0.05, 0) is 23.3 Å². The normalized spacial score (nSPS) is 16.4. The number of phenolic OH excluding ortho intramolecular Hbond substituents is 1. The Hall–Kier alpha value is -2.04. The number of hydrogen-bond donors (Lipinski definition) is 1. The Morgan fingerprint density at radius 2 is 1.48 bits per heavy atom. The number of ether oxygens (including phenoxy) is 1. The summed E-state index contributed by atoms with van der Waals surface area (Å²) in [5.74, 6) is 0.745. The minimum Gasteiger partial charge on any atom is -0.504 e.